The Morgan fingerprint density at radius 2 is 1.87 bits per heavy atom. The van der Waals surface area contributed by atoms with E-state index in [0.29, 0.717) is 13.0 Å². The SMILES string of the molecule is CC#CC[C@@H](O)CO[Si](C)(C)C(C)(C)C. The van der Waals surface area contributed by atoms with Gasteiger partial charge in [-0.15, -0.1) is 11.8 Å². The van der Waals surface area contributed by atoms with Crippen LogP contribution in [0.25, 0.3) is 0 Å². The van der Waals surface area contributed by atoms with Crippen LogP contribution in [-0.4, -0.2) is 26.1 Å². The van der Waals surface area contributed by atoms with E-state index in [0.717, 1.165) is 0 Å². The molecule has 1 N–H and O–H groups in total. The van der Waals surface area contributed by atoms with Crippen molar-refractivity contribution in [1.29, 1.82) is 0 Å². The number of aliphatic hydroxyl groups is 1. The zero-order valence-electron chi connectivity index (χ0n) is 10.8. The van der Waals surface area contributed by atoms with E-state index in [-0.39, 0.29) is 5.04 Å². The number of hydrogen-bond donors (Lipinski definition) is 1. The Kier molecular flexibility index (Phi) is 5.58. The van der Waals surface area contributed by atoms with Gasteiger partial charge in [0.15, 0.2) is 8.32 Å². The smallest absolute Gasteiger partial charge is 0.192 e. The van der Waals surface area contributed by atoms with Crippen molar-refractivity contribution >= 4 is 8.32 Å². The number of aliphatic hydroxyl groups excluding tert-OH is 1. The van der Waals surface area contributed by atoms with Crippen LogP contribution in [0.15, 0.2) is 0 Å². The van der Waals surface area contributed by atoms with Crippen molar-refractivity contribution in [2.75, 3.05) is 6.61 Å². The first-order chi connectivity index (χ1) is 6.70. The van der Waals surface area contributed by atoms with Gasteiger partial charge >= 0.3 is 0 Å². The molecule has 15 heavy (non-hydrogen) atoms. The standard InChI is InChI=1S/C12H24O2Si/c1-7-8-9-11(13)10-14-15(5,6)12(2,3)4/h11,13H,9-10H2,1-6H3/t11-/m1/s1. The van der Waals surface area contributed by atoms with Crippen molar-refractivity contribution in [3.05, 3.63) is 0 Å². The van der Waals surface area contributed by atoms with Crippen LogP contribution >= 0.6 is 0 Å². The van der Waals surface area contributed by atoms with Crippen LogP contribution in [0, 0.1) is 11.8 Å². The molecule has 0 heterocycles. The van der Waals surface area contributed by atoms with Gasteiger partial charge in [0.05, 0.1) is 12.7 Å². The lowest BCUT2D eigenvalue weighted by Crippen LogP contribution is -2.42. The molecule has 0 aromatic heterocycles. The van der Waals surface area contributed by atoms with E-state index in [9.17, 15) is 5.11 Å². The van der Waals surface area contributed by atoms with Crippen molar-refractivity contribution in [1.82, 2.24) is 0 Å². The summed E-state index contributed by atoms with van der Waals surface area (Å²) in [5.74, 6) is 5.63. The lowest BCUT2D eigenvalue weighted by molar-refractivity contribution is 0.104. The Balaban J connectivity index is 4.08. The van der Waals surface area contributed by atoms with Gasteiger partial charge in [-0.1, -0.05) is 20.8 Å². The molecule has 0 saturated heterocycles. The van der Waals surface area contributed by atoms with Gasteiger partial charge < -0.3 is 9.53 Å². The third-order valence-corrected chi connectivity index (χ3v) is 7.46. The molecule has 88 valence electrons. The molecule has 0 amide bonds. The minimum Gasteiger partial charge on any atom is -0.414 e. The number of hydrogen-bond acceptors (Lipinski definition) is 2. The molecule has 0 radical (unpaired) electrons. The summed E-state index contributed by atoms with van der Waals surface area (Å²) in [7, 11) is -1.72. The van der Waals surface area contributed by atoms with E-state index >= 15 is 0 Å². The van der Waals surface area contributed by atoms with Crippen molar-refractivity contribution in [3.8, 4) is 11.8 Å². The largest absolute Gasteiger partial charge is 0.414 e. The molecule has 0 saturated carbocycles. The second-order valence-corrected chi connectivity index (χ2v) is 10.2. The molecular weight excluding hydrogens is 204 g/mol. The fraction of sp³-hybridized carbons (Fsp3) is 0.833. The Hall–Kier alpha value is -0.303. The van der Waals surface area contributed by atoms with E-state index in [1.165, 1.54) is 0 Å². The summed E-state index contributed by atoms with van der Waals surface area (Å²) in [4.78, 5) is 0. The highest BCUT2D eigenvalue weighted by Crippen LogP contribution is 2.36. The molecule has 0 spiro atoms. The Bertz CT molecular complexity index is 243. The predicted octanol–water partition coefficient (Wildman–Crippen LogP) is 2.78. The first kappa shape index (κ1) is 14.7. The number of rotatable bonds is 4. The summed E-state index contributed by atoms with van der Waals surface area (Å²) in [5.41, 5.74) is 0. The zero-order valence-corrected chi connectivity index (χ0v) is 11.8. The molecule has 0 rings (SSSR count). The second-order valence-electron chi connectivity index (χ2n) is 5.36. The minimum absolute atomic E-state index is 0.198. The van der Waals surface area contributed by atoms with E-state index in [2.05, 4.69) is 45.7 Å². The van der Waals surface area contributed by atoms with Gasteiger partial charge in [0.2, 0.25) is 0 Å². The third-order valence-electron chi connectivity index (χ3n) is 2.96. The van der Waals surface area contributed by atoms with E-state index in [4.69, 9.17) is 4.43 Å². The van der Waals surface area contributed by atoms with Crippen molar-refractivity contribution < 1.29 is 9.53 Å². The van der Waals surface area contributed by atoms with E-state index in [1.54, 1.807) is 6.92 Å². The Morgan fingerprint density at radius 1 is 1.33 bits per heavy atom. The average Bonchev–Trinajstić information content (AvgIpc) is 2.09. The zero-order chi connectivity index (χ0) is 12.1. The van der Waals surface area contributed by atoms with Crippen LogP contribution < -0.4 is 0 Å². The minimum atomic E-state index is -1.72. The highest BCUT2D eigenvalue weighted by molar-refractivity contribution is 6.74. The maximum Gasteiger partial charge on any atom is 0.192 e. The van der Waals surface area contributed by atoms with Gasteiger partial charge in [-0.05, 0) is 25.1 Å². The van der Waals surface area contributed by atoms with Crippen molar-refractivity contribution in [2.45, 2.75) is 58.4 Å². The summed E-state index contributed by atoms with van der Waals surface area (Å²) in [6.07, 6.45) is 0.0528. The van der Waals surface area contributed by atoms with Crippen molar-refractivity contribution in [3.63, 3.8) is 0 Å². The topological polar surface area (TPSA) is 29.5 Å². The van der Waals surface area contributed by atoms with Gasteiger partial charge in [0.1, 0.15) is 0 Å². The van der Waals surface area contributed by atoms with Gasteiger partial charge in [-0.3, -0.25) is 0 Å². The molecule has 0 aromatic rings. The van der Waals surface area contributed by atoms with Crippen LogP contribution in [-0.2, 0) is 4.43 Å². The predicted molar refractivity (Wildman–Crippen MR) is 67.2 cm³/mol. The first-order valence-corrected chi connectivity index (χ1v) is 8.33. The Labute approximate surface area is 95.2 Å². The maximum absolute atomic E-state index is 9.60. The van der Waals surface area contributed by atoms with E-state index < -0.39 is 14.4 Å². The summed E-state index contributed by atoms with van der Waals surface area (Å²) in [6.45, 7) is 13.1. The third kappa shape index (κ3) is 5.36. The molecule has 0 fully saturated rings. The maximum atomic E-state index is 9.60. The molecule has 0 aromatic carbocycles. The van der Waals surface area contributed by atoms with Crippen LogP contribution in [0.4, 0.5) is 0 Å². The van der Waals surface area contributed by atoms with Crippen LogP contribution in [0.3, 0.4) is 0 Å². The molecule has 0 unspecified atom stereocenters. The van der Waals surface area contributed by atoms with Crippen LogP contribution in [0.5, 0.6) is 0 Å². The average molecular weight is 228 g/mol. The second kappa shape index (κ2) is 5.69. The molecule has 1 atom stereocenters. The van der Waals surface area contributed by atoms with Gasteiger partial charge in [0, 0.05) is 6.42 Å². The van der Waals surface area contributed by atoms with Crippen LogP contribution in [0.2, 0.25) is 18.1 Å². The summed E-state index contributed by atoms with van der Waals surface area (Å²) < 4.78 is 5.87. The molecule has 0 aliphatic heterocycles. The molecule has 0 aliphatic rings. The van der Waals surface area contributed by atoms with E-state index in [1.807, 2.05) is 0 Å². The van der Waals surface area contributed by atoms with Gasteiger partial charge in [-0.25, -0.2) is 0 Å². The highest BCUT2D eigenvalue weighted by atomic mass is 28.4. The molecule has 0 aliphatic carbocycles. The summed E-state index contributed by atoms with van der Waals surface area (Å²) in [5, 5.41) is 9.80. The molecular formula is C12H24O2Si. The van der Waals surface area contributed by atoms with Gasteiger partial charge in [0.25, 0.3) is 0 Å². The lowest BCUT2D eigenvalue weighted by atomic mass is 10.2. The monoisotopic (exact) mass is 228 g/mol. The molecule has 3 heteroatoms. The molecule has 0 bridgehead atoms. The first-order valence-electron chi connectivity index (χ1n) is 5.42. The fourth-order valence-corrected chi connectivity index (χ4v) is 1.84. The summed E-state index contributed by atoms with van der Waals surface area (Å²) in [6, 6.07) is 0. The molecule has 2 nitrogen and oxygen atoms in total. The summed E-state index contributed by atoms with van der Waals surface area (Å²) >= 11 is 0. The fourth-order valence-electron chi connectivity index (χ4n) is 0.800. The Morgan fingerprint density at radius 3 is 2.27 bits per heavy atom. The quantitative estimate of drug-likeness (QED) is 0.592. The lowest BCUT2D eigenvalue weighted by Gasteiger charge is -2.36. The normalized spacial score (nSPS) is 14.3. The van der Waals surface area contributed by atoms with Gasteiger partial charge in [-0.2, -0.15) is 0 Å². The highest BCUT2D eigenvalue weighted by Gasteiger charge is 2.37. The van der Waals surface area contributed by atoms with Crippen molar-refractivity contribution in [2.24, 2.45) is 0 Å². The van der Waals surface area contributed by atoms with Crippen LogP contribution in [0.1, 0.15) is 34.1 Å².